The number of carbonyl (C=O) groups excluding carboxylic acids is 2. The molecule has 226 valence electrons. The fourth-order valence-corrected chi connectivity index (χ4v) is 5.40. The third-order valence-electron chi connectivity index (χ3n) is 7.40. The van der Waals surface area contributed by atoms with E-state index in [9.17, 15) is 23.2 Å². The van der Waals surface area contributed by atoms with Gasteiger partial charge >= 0.3 is 0 Å². The molecule has 1 heterocycles. The lowest BCUT2D eigenvalue weighted by atomic mass is 9.97. The number of hydrogen-bond acceptors (Lipinski definition) is 5. The van der Waals surface area contributed by atoms with Crippen LogP contribution < -0.4 is 15.5 Å². The van der Waals surface area contributed by atoms with Crippen LogP contribution in [0.25, 0.3) is 0 Å². The minimum absolute atomic E-state index is 0.00697. The number of rotatable bonds is 13. The highest BCUT2D eigenvalue weighted by Crippen LogP contribution is 2.33. The van der Waals surface area contributed by atoms with Crippen molar-refractivity contribution in [3.05, 3.63) is 98.5 Å². The first-order chi connectivity index (χ1) is 20.0. The van der Waals surface area contributed by atoms with Gasteiger partial charge in [-0.25, -0.2) is 8.78 Å². The molecule has 2 atom stereocenters. The number of ether oxygens (including phenoxy) is 1. The molecule has 2 aromatic carbocycles. The van der Waals surface area contributed by atoms with Gasteiger partial charge in [0.2, 0.25) is 5.43 Å². The molecule has 0 fully saturated rings. The van der Waals surface area contributed by atoms with Crippen molar-refractivity contribution in [1.29, 1.82) is 0 Å². The Morgan fingerprint density at radius 1 is 1.07 bits per heavy atom. The van der Waals surface area contributed by atoms with E-state index in [1.54, 1.807) is 11.9 Å². The van der Waals surface area contributed by atoms with Crippen molar-refractivity contribution >= 4 is 24.4 Å². The standard InChI is InChI=1S/C32H39F2N3O4S/c1-6-20(4)16-25(42)27-26(31(39)35-18-22-14-15-23(33)17-24(22)34)29(38)30(41-19-21-12-10-9-11-13-21)28(36(27)5)32(40)37(7-2)8-3/h9-15,17,20,25,42H,6-8,16,18-19H2,1-5H3,(H,35,39). The van der Waals surface area contributed by atoms with Crippen LogP contribution >= 0.6 is 12.6 Å². The normalized spacial score (nSPS) is 12.5. The summed E-state index contributed by atoms with van der Waals surface area (Å²) >= 11 is 4.81. The fraction of sp³-hybridized carbons (Fsp3) is 0.406. The first-order valence-corrected chi connectivity index (χ1v) is 14.7. The Kier molecular flexibility index (Phi) is 11.7. The zero-order chi connectivity index (χ0) is 31.0. The van der Waals surface area contributed by atoms with E-state index in [1.807, 2.05) is 58.0 Å². The monoisotopic (exact) mass is 599 g/mol. The predicted octanol–water partition coefficient (Wildman–Crippen LogP) is 6.06. The summed E-state index contributed by atoms with van der Waals surface area (Å²) in [5.74, 6) is -2.78. The van der Waals surface area contributed by atoms with Gasteiger partial charge in [0.1, 0.15) is 23.8 Å². The summed E-state index contributed by atoms with van der Waals surface area (Å²) in [5.41, 5.74) is 0.130. The molecule has 7 nitrogen and oxygen atoms in total. The van der Waals surface area contributed by atoms with Crippen molar-refractivity contribution in [2.24, 2.45) is 13.0 Å². The highest BCUT2D eigenvalue weighted by Gasteiger charge is 2.33. The molecule has 0 saturated carbocycles. The molecule has 0 spiro atoms. The maximum absolute atomic E-state index is 14.3. The molecule has 0 bridgehead atoms. The lowest BCUT2D eigenvalue weighted by Gasteiger charge is -2.27. The van der Waals surface area contributed by atoms with Crippen molar-refractivity contribution in [3.8, 4) is 5.75 Å². The van der Waals surface area contributed by atoms with Crippen molar-refractivity contribution in [2.45, 2.75) is 58.9 Å². The van der Waals surface area contributed by atoms with Gasteiger partial charge in [-0.3, -0.25) is 14.4 Å². The van der Waals surface area contributed by atoms with Crippen LogP contribution in [0, 0.1) is 17.6 Å². The van der Waals surface area contributed by atoms with Gasteiger partial charge < -0.3 is 19.5 Å². The zero-order valence-electron chi connectivity index (χ0n) is 24.7. The topological polar surface area (TPSA) is 80.6 Å². The Hall–Kier alpha value is -3.66. The van der Waals surface area contributed by atoms with Crippen molar-refractivity contribution in [3.63, 3.8) is 0 Å². The Balaban J connectivity index is 2.21. The van der Waals surface area contributed by atoms with Crippen LogP contribution in [0.2, 0.25) is 0 Å². The average molecular weight is 600 g/mol. The number of benzene rings is 2. The van der Waals surface area contributed by atoms with Crippen molar-refractivity contribution in [2.75, 3.05) is 13.1 Å². The van der Waals surface area contributed by atoms with Crippen LogP contribution in [0.4, 0.5) is 8.78 Å². The molecule has 0 saturated heterocycles. The maximum Gasteiger partial charge on any atom is 0.274 e. The van der Waals surface area contributed by atoms with E-state index in [0.29, 0.717) is 19.5 Å². The van der Waals surface area contributed by atoms with E-state index >= 15 is 0 Å². The van der Waals surface area contributed by atoms with E-state index in [2.05, 4.69) is 5.32 Å². The number of amides is 2. The summed E-state index contributed by atoms with van der Waals surface area (Å²) < 4.78 is 35.3. The third-order valence-corrected chi connectivity index (χ3v) is 7.86. The molecule has 0 aliphatic heterocycles. The summed E-state index contributed by atoms with van der Waals surface area (Å²) in [6.07, 6.45) is 1.38. The van der Waals surface area contributed by atoms with Crippen LogP contribution in [0.15, 0.2) is 53.3 Å². The SMILES string of the molecule is CCC(C)CC(S)c1c(C(=O)NCc2ccc(F)cc2F)c(=O)c(OCc2ccccc2)c(C(=O)N(CC)CC)n1C. The van der Waals surface area contributed by atoms with Crippen molar-refractivity contribution in [1.82, 2.24) is 14.8 Å². The van der Waals surface area contributed by atoms with Crippen LogP contribution in [0.1, 0.15) is 83.5 Å². The summed E-state index contributed by atoms with van der Waals surface area (Å²) in [6.45, 7) is 8.27. The quantitative estimate of drug-likeness (QED) is 0.234. The van der Waals surface area contributed by atoms with Crippen LogP contribution in [0.3, 0.4) is 0 Å². The van der Waals surface area contributed by atoms with E-state index in [0.717, 1.165) is 24.1 Å². The number of nitrogens with one attached hydrogen (secondary N) is 1. The number of carbonyl (C=O) groups is 2. The number of hydrogen-bond donors (Lipinski definition) is 2. The number of pyridine rings is 1. The van der Waals surface area contributed by atoms with Gasteiger partial charge in [-0.05, 0) is 37.8 Å². The van der Waals surface area contributed by atoms with E-state index < -0.39 is 34.1 Å². The lowest BCUT2D eigenvalue weighted by Crippen LogP contribution is -2.38. The second-order valence-corrected chi connectivity index (χ2v) is 10.9. The highest BCUT2D eigenvalue weighted by atomic mass is 32.1. The summed E-state index contributed by atoms with van der Waals surface area (Å²) in [6, 6.07) is 12.2. The Morgan fingerprint density at radius 3 is 2.33 bits per heavy atom. The Labute approximate surface area is 251 Å². The molecule has 3 aromatic rings. The molecule has 10 heteroatoms. The molecule has 1 aromatic heterocycles. The second-order valence-electron chi connectivity index (χ2n) is 10.3. The molecule has 2 unspecified atom stereocenters. The fourth-order valence-electron chi connectivity index (χ4n) is 4.74. The smallest absolute Gasteiger partial charge is 0.274 e. The summed E-state index contributed by atoms with van der Waals surface area (Å²) in [7, 11) is 1.62. The molecule has 3 rings (SSSR count). The molecule has 2 amide bonds. The van der Waals surface area contributed by atoms with Gasteiger partial charge in [-0.15, -0.1) is 0 Å². The molecule has 1 N–H and O–H groups in total. The third kappa shape index (κ3) is 7.59. The first-order valence-electron chi connectivity index (χ1n) is 14.2. The molecule has 0 radical (unpaired) electrons. The largest absolute Gasteiger partial charge is 0.483 e. The summed E-state index contributed by atoms with van der Waals surface area (Å²) in [4.78, 5) is 43.3. The molecular weight excluding hydrogens is 560 g/mol. The number of thiol groups is 1. The van der Waals surface area contributed by atoms with Crippen molar-refractivity contribution < 1.29 is 23.1 Å². The number of nitrogens with zero attached hydrogens (tertiary/aromatic N) is 2. The minimum atomic E-state index is -0.820. The lowest BCUT2D eigenvalue weighted by molar-refractivity contribution is 0.0754. The van der Waals surface area contributed by atoms with Gasteiger partial charge in [0.15, 0.2) is 11.4 Å². The van der Waals surface area contributed by atoms with Crippen LogP contribution in [0.5, 0.6) is 5.75 Å². The van der Waals surface area contributed by atoms with Crippen LogP contribution in [-0.4, -0.2) is 34.4 Å². The van der Waals surface area contributed by atoms with Gasteiger partial charge in [-0.2, -0.15) is 12.6 Å². The van der Waals surface area contributed by atoms with Gasteiger partial charge in [-0.1, -0.05) is 56.7 Å². The average Bonchev–Trinajstić information content (AvgIpc) is 2.97. The maximum atomic E-state index is 14.3. The predicted molar refractivity (Wildman–Crippen MR) is 163 cm³/mol. The van der Waals surface area contributed by atoms with E-state index in [1.165, 1.54) is 10.6 Å². The molecular formula is C32H39F2N3O4S. The van der Waals surface area contributed by atoms with Gasteiger partial charge in [0, 0.05) is 49.3 Å². The molecule has 42 heavy (non-hydrogen) atoms. The first kappa shape index (κ1) is 32.8. The van der Waals surface area contributed by atoms with Crippen LogP contribution in [-0.2, 0) is 20.2 Å². The second kappa shape index (κ2) is 15.0. The number of aromatic nitrogens is 1. The van der Waals surface area contributed by atoms with Gasteiger partial charge in [0.25, 0.3) is 11.8 Å². The Morgan fingerprint density at radius 2 is 1.74 bits per heavy atom. The van der Waals surface area contributed by atoms with E-state index in [4.69, 9.17) is 17.4 Å². The number of halogens is 2. The molecule has 0 aliphatic carbocycles. The zero-order valence-corrected chi connectivity index (χ0v) is 25.6. The Bertz CT molecular complexity index is 1460. The summed E-state index contributed by atoms with van der Waals surface area (Å²) in [5, 5.41) is 2.02. The molecule has 0 aliphatic rings. The highest BCUT2D eigenvalue weighted by molar-refractivity contribution is 7.80. The minimum Gasteiger partial charge on any atom is -0.483 e. The van der Waals surface area contributed by atoms with E-state index in [-0.39, 0.29) is 47.3 Å². The van der Waals surface area contributed by atoms with Gasteiger partial charge in [0.05, 0.1) is 0 Å².